The highest BCUT2D eigenvalue weighted by molar-refractivity contribution is 6.30. The molecular formula is C30H27ClN8O. The Hall–Kier alpha value is -4.68. The first-order valence-corrected chi connectivity index (χ1v) is 13.4. The first kappa shape index (κ1) is 25.6. The Morgan fingerprint density at radius 3 is 2.42 bits per heavy atom. The molecule has 9 nitrogen and oxygen atoms in total. The number of imidazole rings is 1. The van der Waals surface area contributed by atoms with E-state index in [-0.39, 0.29) is 11.5 Å². The number of aromatic nitrogens is 4. The summed E-state index contributed by atoms with van der Waals surface area (Å²) in [5.74, 6) is 0.659. The number of nitrogens with zero attached hydrogens (tertiary/aromatic N) is 7. The zero-order valence-electron chi connectivity index (χ0n) is 22.4. The van der Waals surface area contributed by atoms with E-state index in [1.165, 1.54) is 0 Å². The summed E-state index contributed by atoms with van der Waals surface area (Å²) in [7, 11) is 1.84. The fourth-order valence-corrected chi connectivity index (χ4v) is 5.57. The van der Waals surface area contributed by atoms with E-state index < -0.39 is 0 Å². The van der Waals surface area contributed by atoms with Crippen LogP contribution in [0.15, 0.2) is 54.7 Å². The summed E-state index contributed by atoms with van der Waals surface area (Å²) in [6.07, 6.45) is 1.78. The number of pyridine rings is 2. The molecule has 0 bridgehead atoms. The van der Waals surface area contributed by atoms with E-state index >= 15 is 0 Å². The molecular weight excluding hydrogens is 524 g/mol. The Balaban J connectivity index is 1.53. The maximum atomic E-state index is 11.8. The number of amides is 1. The molecule has 2 aromatic carbocycles. The number of nitrogens with one attached hydrogen (secondary N) is 1. The van der Waals surface area contributed by atoms with E-state index in [2.05, 4.69) is 22.0 Å². The molecule has 1 N–H and O–H groups in total. The molecule has 1 aliphatic heterocycles. The second kappa shape index (κ2) is 9.81. The minimum Gasteiger partial charge on any atom is -0.352 e. The quantitative estimate of drug-likeness (QED) is 0.354. The second-order valence-electron chi connectivity index (χ2n) is 10.0. The van der Waals surface area contributed by atoms with Crippen molar-refractivity contribution in [3.63, 3.8) is 0 Å². The number of hydrogen-bond acceptors (Lipinski definition) is 6. The molecule has 6 rings (SSSR count). The fourth-order valence-electron chi connectivity index (χ4n) is 5.44. The van der Waals surface area contributed by atoms with Crippen LogP contribution in [0.5, 0.6) is 0 Å². The monoisotopic (exact) mass is 550 g/mol. The molecule has 5 aromatic rings. The summed E-state index contributed by atoms with van der Waals surface area (Å²) in [5.41, 5.74) is 6.51. The van der Waals surface area contributed by atoms with Gasteiger partial charge in [-0.15, -0.1) is 0 Å². The summed E-state index contributed by atoms with van der Waals surface area (Å²) in [6.45, 7) is 5.87. The van der Waals surface area contributed by atoms with Gasteiger partial charge in [0.1, 0.15) is 11.9 Å². The van der Waals surface area contributed by atoms with Crippen LogP contribution in [0.4, 0.5) is 5.82 Å². The van der Waals surface area contributed by atoms with E-state index in [0.717, 1.165) is 33.1 Å². The lowest BCUT2D eigenvalue weighted by Gasteiger charge is -2.35. The van der Waals surface area contributed by atoms with E-state index in [0.29, 0.717) is 54.0 Å². The van der Waals surface area contributed by atoms with Crippen LogP contribution in [-0.4, -0.2) is 56.1 Å². The van der Waals surface area contributed by atoms with Gasteiger partial charge in [-0.25, -0.2) is 4.98 Å². The lowest BCUT2D eigenvalue weighted by Crippen LogP contribution is -2.48. The fraction of sp³-hybridized carbons (Fsp3) is 0.233. The number of carbonyl (C=O) groups is 1. The number of anilines is 1. The first-order valence-electron chi connectivity index (χ1n) is 13.0. The zero-order chi connectivity index (χ0) is 28.1. The number of piperazine rings is 1. The van der Waals surface area contributed by atoms with Gasteiger partial charge in [0.2, 0.25) is 11.5 Å². The molecule has 4 heterocycles. The van der Waals surface area contributed by atoms with Gasteiger partial charge in [-0.3, -0.25) is 19.8 Å². The molecule has 1 fully saturated rings. The topological polar surface area (TPSA) is 107 Å². The van der Waals surface area contributed by atoms with Gasteiger partial charge in [-0.2, -0.15) is 5.26 Å². The maximum absolute atomic E-state index is 11.8. The standard InChI is InChI=1S/C30H27ClN8O/c1-18-26(15-22(16-32)29(35-18)38-12-10-37(11-13-38)19(2)40)39-28-24-14-21(20-4-7-23(31)8-5-20)6-9-25(24)34-17-27(28)36(3)30(39)33/h4-9,14-15,17,33H,10-13H2,1-3H3. The lowest BCUT2D eigenvalue weighted by molar-refractivity contribution is -0.129. The molecule has 40 heavy (non-hydrogen) atoms. The van der Waals surface area contributed by atoms with Crippen LogP contribution in [0.3, 0.4) is 0 Å². The summed E-state index contributed by atoms with van der Waals surface area (Å²) >= 11 is 6.12. The predicted octanol–water partition coefficient (Wildman–Crippen LogP) is 4.56. The van der Waals surface area contributed by atoms with Crippen molar-refractivity contribution < 1.29 is 4.79 Å². The molecule has 200 valence electrons. The van der Waals surface area contributed by atoms with Crippen molar-refractivity contribution >= 4 is 45.3 Å². The largest absolute Gasteiger partial charge is 0.352 e. The summed E-state index contributed by atoms with van der Waals surface area (Å²) in [5, 5.41) is 20.7. The molecule has 0 atom stereocenters. The van der Waals surface area contributed by atoms with Crippen molar-refractivity contribution in [1.29, 1.82) is 10.7 Å². The van der Waals surface area contributed by atoms with Crippen LogP contribution in [0.2, 0.25) is 5.02 Å². The van der Waals surface area contributed by atoms with Gasteiger partial charge in [0.05, 0.1) is 39.7 Å². The maximum Gasteiger partial charge on any atom is 0.219 e. The smallest absolute Gasteiger partial charge is 0.219 e. The van der Waals surface area contributed by atoms with Gasteiger partial charge in [0.25, 0.3) is 0 Å². The molecule has 0 unspecified atom stereocenters. The molecule has 1 aliphatic rings. The third kappa shape index (κ3) is 4.17. The van der Waals surface area contributed by atoms with E-state index in [1.54, 1.807) is 22.6 Å². The van der Waals surface area contributed by atoms with Gasteiger partial charge in [-0.1, -0.05) is 29.8 Å². The number of fused-ring (bicyclic) bond motifs is 3. The number of carbonyl (C=O) groups excluding carboxylic acids is 1. The Kier molecular flexibility index (Phi) is 6.28. The second-order valence-corrected chi connectivity index (χ2v) is 10.5. The number of aryl methyl sites for hydroxylation is 2. The number of halogens is 1. The van der Waals surface area contributed by atoms with Crippen LogP contribution >= 0.6 is 11.6 Å². The molecule has 0 radical (unpaired) electrons. The zero-order valence-corrected chi connectivity index (χ0v) is 23.2. The van der Waals surface area contributed by atoms with Gasteiger partial charge in [-0.05, 0) is 48.4 Å². The first-order chi connectivity index (χ1) is 19.3. The number of hydrogen-bond donors (Lipinski definition) is 1. The lowest BCUT2D eigenvalue weighted by atomic mass is 10.0. The van der Waals surface area contributed by atoms with Crippen LogP contribution in [0, 0.1) is 23.7 Å². The molecule has 0 spiro atoms. The van der Waals surface area contributed by atoms with Crippen LogP contribution in [-0.2, 0) is 11.8 Å². The average Bonchev–Trinajstić information content (AvgIpc) is 3.22. The van der Waals surface area contributed by atoms with Gasteiger partial charge >= 0.3 is 0 Å². The Morgan fingerprint density at radius 1 is 1.05 bits per heavy atom. The molecule has 10 heteroatoms. The molecule has 0 saturated carbocycles. The van der Waals surface area contributed by atoms with Crippen LogP contribution in [0.25, 0.3) is 38.8 Å². The van der Waals surface area contributed by atoms with Crippen LogP contribution < -0.4 is 10.5 Å². The third-order valence-electron chi connectivity index (χ3n) is 7.66. The Labute approximate surface area is 236 Å². The van der Waals surface area contributed by atoms with Crippen molar-refractivity contribution in [1.82, 2.24) is 24.0 Å². The van der Waals surface area contributed by atoms with Gasteiger partial charge < -0.3 is 14.4 Å². The van der Waals surface area contributed by atoms with Gasteiger partial charge in [0, 0.05) is 50.6 Å². The molecule has 3 aromatic heterocycles. The third-order valence-corrected chi connectivity index (χ3v) is 7.92. The number of rotatable bonds is 3. The number of benzene rings is 2. The summed E-state index contributed by atoms with van der Waals surface area (Å²) < 4.78 is 3.64. The average molecular weight is 551 g/mol. The minimum absolute atomic E-state index is 0.0518. The predicted molar refractivity (Wildman–Crippen MR) is 156 cm³/mol. The van der Waals surface area contributed by atoms with Gasteiger partial charge in [0.15, 0.2) is 0 Å². The van der Waals surface area contributed by atoms with Crippen molar-refractivity contribution in [3.05, 3.63) is 76.6 Å². The van der Waals surface area contributed by atoms with Crippen molar-refractivity contribution in [2.75, 3.05) is 31.1 Å². The van der Waals surface area contributed by atoms with Crippen molar-refractivity contribution in [3.8, 4) is 22.9 Å². The highest BCUT2D eigenvalue weighted by Gasteiger charge is 2.24. The van der Waals surface area contributed by atoms with Crippen molar-refractivity contribution in [2.45, 2.75) is 13.8 Å². The SMILES string of the molecule is CC(=O)N1CCN(c2nc(C)c(-n3c(=N)n(C)c4cnc5ccc(-c6ccc(Cl)cc6)cc5c43)cc2C#N)CC1. The molecule has 1 saturated heterocycles. The van der Waals surface area contributed by atoms with E-state index in [1.807, 2.05) is 61.0 Å². The van der Waals surface area contributed by atoms with E-state index in [9.17, 15) is 10.1 Å². The van der Waals surface area contributed by atoms with Crippen molar-refractivity contribution in [2.24, 2.45) is 7.05 Å². The Bertz CT molecular complexity index is 1910. The molecule has 0 aliphatic carbocycles. The summed E-state index contributed by atoms with van der Waals surface area (Å²) in [4.78, 5) is 25.2. The highest BCUT2D eigenvalue weighted by Crippen LogP contribution is 2.32. The number of nitriles is 1. The van der Waals surface area contributed by atoms with E-state index in [4.69, 9.17) is 22.0 Å². The Morgan fingerprint density at radius 2 is 1.75 bits per heavy atom. The highest BCUT2D eigenvalue weighted by atomic mass is 35.5. The normalized spacial score (nSPS) is 13.7. The molecule has 1 amide bonds. The minimum atomic E-state index is 0.0518. The summed E-state index contributed by atoms with van der Waals surface area (Å²) in [6, 6.07) is 17.9. The van der Waals surface area contributed by atoms with Crippen LogP contribution in [0.1, 0.15) is 18.2 Å².